The Morgan fingerprint density at radius 1 is 1.00 bits per heavy atom. The quantitative estimate of drug-likeness (QED) is 0.856. The summed E-state index contributed by atoms with van der Waals surface area (Å²) in [6, 6.07) is 12.6. The third-order valence-electron chi connectivity index (χ3n) is 5.10. The molecular weight excluding hydrogens is 334 g/mol. The van der Waals surface area contributed by atoms with Gasteiger partial charge in [-0.05, 0) is 31.0 Å². The van der Waals surface area contributed by atoms with E-state index in [0.717, 1.165) is 19.6 Å². The largest absolute Gasteiger partial charge is 0.396 e. The molecule has 0 bridgehead atoms. The summed E-state index contributed by atoms with van der Waals surface area (Å²) in [6.07, 6.45) is 0.655. The van der Waals surface area contributed by atoms with Crippen molar-refractivity contribution in [2.75, 3.05) is 26.2 Å². The number of rotatable bonds is 6. The number of benzene rings is 2. The van der Waals surface area contributed by atoms with Crippen molar-refractivity contribution in [3.63, 3.8) is 0 Å². The van der Waals surface area contributed by atoms with E-state index in [4.69, 9.17) is 0 Å². The topological polar surface area (TPSA) is 26.7 Å². The summed E-state index contributed by atoms with van der Waals surface area (Å²) >= 11 is 0. The van der Waals surface area contributed by atoms with E-state index in [2.05, 4.69) is 41.0 Å². The van der Waals surface area contributed by atoms with Crippen molar-refractivity contribution in [3.8, 4) is 0 Å². The van der Waals surface area contributed by atoms with E-state index in [1.54, 1.807) is 0 Å². The zero-order valence-corrected chi connectivity index (χ0v) is 15.2. The molecule has 1 N–H and O–H groups in total. The standard InChI is InChI=1S/C21H26F2N2O/c1-16-5-7-17(8-6-16)13-25-11-10-24(14-18(25)9-12-26)15-19-20(22)3-2-4-21(19)23/h2-8,18,26H,9-15H2,1H3. The van der Waals surface area contributed by atoms with Crippen LogP contribution in [-0.4, -0.2) is 47.2 Å². The first-order valence-electron chi connectivity index (χ1n) is 9.12. The molecule has 0 amide bonds. The summed E-state index contributed by atoms with van der Waals surface area (Å²) in [5, 5.41) is 9.44. The Morgan fingerprint density at radius 3 is 2.35 bits per heavy atom. The predicted molar refractivity (Wildman–Crippen MR) is 98.7 cm³/mol. The molecule has 0 saturated carbocycles. The van der Waals surface area contributed by atoms with Gasteiger partial charge in [0, 0.05) is 50.9 Å². The molecule has 0 spiro atoms. The van der Waals surface area contributed by atoms with Crippen molar-refractivity contribution in [3.05, 3.63) is 70.8 Å². The number of aryl methyl sites for hydroxylation is 1. The van der Waals surface area contributed by atoms with Gasteiger partial charge in [0.2, 0.25) is 0 Å². The van der Waals surface area contributed by atoms with E-state index in [9.17, 15) is 13.9 Å². The van der Waals surface area contributed by atoms with Gasteiger partial charge in [0.25, 0.3) is 0 Å². The van der Waals surface area contributed by atoms with Crippen molar-refractivity contribution >= 4 is 0 Å². The maximum atomic E-state index is 13.9. The number of aliphatic hydroxyl groups is 1. The number of nitrogens with zero attached hydrogens (tertiary/aromatic N) is 2. The minimum atomic E-state index is -0.495. The summed E-state index contributed by atoms with van der Waals surface area (Å²) < 4.78 is 27.9. The Balaban J connectivity index is 1.66. The first-order chi connectivity index (χ1) is 12.6. The van der Waals surface area contributed by atoms with E-state index < -0.39 is 11.6 Å². The first-order valence-corrected chi connectivity index (χ1v) is 9.12. The number of halogens is 2. The molecule has 1 saturated heterocycles. The molecule has 5 heteroatoms. The number of hydrogen-bond donors (Lipinski definition) is 1. The number of piperazine rings is 1. The van der Waals surface area contributed by atoms with E-state index in [1.807, 2.05) is 0 Å². The average Bonchev–Trinajstić information content (AvgIpc) is 2.62. The minimum absolute atomic E-state index is 0.108. The van der Waals surface area contributed by atoms with Crippen LogP contribution in [0.25, 0.3) is 0 Å². The number of hydrogen-bond acceptors (Lipinski definition) is 3. The highest BCUT2D eigenvalue weighted by Gasteiger charge is 2.27. The second kappa shape index (κ2) is 8.71. The molecule has 0 aliphatic carbocycles. The van der Waals surface area contributed by atoms with E-state index in [1.165, 1.54) is 29.3 Å². The van der Waals surface area contributed by atoms with Crippen LogP contribution in [0, 0.1) is 18.6 Å². The van der Waals surface area contributed by atoms with Gasteiger partial charge in [0.05, 0.1) is 0 Å². The summed E-state index contributed by atoms with van der Waals surface area (Å²) in [5.41, 5.74) is 2.60. The third-order valence-corrected chi connectivity index (χ3v) is 5.10. The molecule has 3 nitrogen and oxygen atoms in total. The molecule has 3 rings (SSSR count). The maximum absolute atomic E-state index is 13.9. The smallest absolute Gasteiger partial charge is 0.130 e. The second-order valence-electron chi connectivity index (χ2n) is 7.06. The van der Waals surface area contributed by atoms with Crippen LogP contribution in [0.5, 0.6) is 0 Å². The molecule has 1 atom stereocenters. The molecule has 1 heterocycles. The van der Waals surface area contributed by atoms with Gasteiger partial charge < -0.3 is 5.11 Å². The lowest BCUT2D eigenvalue weighted by atomic mass is 10.1. The van der Waals surface area contributed by atoms with Crippen LogP contribution in [0.15, 0.2) is 42.5 Å². The van der Waals surface area contributed by atoms with Gasteiger partial charge in [-0.25, -0.2) is 8.78 Å². The van der Waals surface area contributed by atoms with Gasteiger partial charge in [-0.15, -0.1) is 0 Å². The van der Waals surface area contributed by atoms with Crippen LogP contribution in [0.4, 0.5) is 8.78 Å². The fourth-order valence-electron chi connectivity index (χ4n) is 3.57. The molecule has 1 aliphatic rings. The van der Waals surface area contributed by atoms with Gasteiger partial charge in [-0.3, -0.25) is 9.80 Å². The summed E-state index contributed by atoms with van der Waals surface area (Å²) in [6.45, 7) is 5.53. The Labute approximate surface area is 153 Å². The molecule has 26 heavy (non-hydrogen) atoms. The van der Waals surface area contributed by atoms with Crippen LogP contribution in [0.3, 0.4) is 0 Å². The Hall–Kier alpha value is -1.82. The molecule has 0 radical (unpaired) electrons. The van der Waals surface area contributed by atoms with Crippen LogP contribution in [0.2, 0.25) is 0 Å². The van der Waals surface area contributed by atoms with Crippen molar-refractivity contribution in [2.24, 2.45) is 0 Å². The lowest BCUT2D eigenvalue weighted by Gasteiger charge is -2.41. The van der Waals surface area contributed by atoms with Gasteiger partial charge in [0.15, 0.2) is 0 Å². The summed E-state index contributed by atoms with van der Waals surface area (Å²) in [4.78, 5) is 4.43. The van der Waals surface area contributed by atoms with Crippen LogP contribution in [-0.2, 0) is 13.1 Å². The molecule has 0 aromatic heterocycles. The fraction of sp³-hybridized carbons (Fsp3) is 0.429. The summed E-state index contributed by atoms with van der Waals surface area (Å²) in [7, 11) is 0. The molecule has 1 unspecified atom stereocenters. The van der Waals surface area contributed by atoms with Crippen molar-refractivity contribution in [1.82, 2.24) is 9.80 Å². The highest BCUT2D eigenvalue weighted by molar-refractivity contribution is 5.22. The monoisotopic (exact) mass is 360 g/mol. The zero-order chi connectivity index (χ0) is 18.5. The summed E-state index contributed by atoms with van der Waals surface area (Å²) in [5.74, 6) is -0.989. The Kier molecular flexibility index (Phi) is 6.35. The molecule has 2 aromatic carbocycles. The maximum Gasteiger partial charge on any atom is 0.130 e. The molecule has 2 aromatic rings. The molecule has 1 aliphatic heterocycles. The van der Waals surface area contributed by atoms with Crippen molar-refractivity contribution in [1.29, 1.82) is 0 Å². The molecule has 1 fully saturated rings. The Bertz CT molecular complexity index is 700. The van der Waals surface area contributed by atoms with Crippen LogP contribution < -0.4 is 0 Å². The average molecular weight is 360 g/mol. The fourth-order valence-corrected chi connectivity index (χ4v) is 3.57. The van der Waals surface area contributed by atoms with Crippen LogP contribution in [0.1, 0.15) is 23.1 Å². The lowest BCUT2D eigenvalue weighted by Crippen LogP contribution is -2.52. The Morgan fingerprint density at radius 2 is 1.69 bits per heavy atom. The van der Waals surface area contributed by atoms with Crippen molar-refractivity contribution < 1.29 is 13.9 Å². The van der Waals surface area contributed by atoms with E-state index in [-0.39, 0.29) is 24.8 Å². The normalized spacial score (nSPS) is 19.0. The SMILES string of the molecule is Cc1ccc(CN2CCN(Cc3c(F)cccc3F)CC2CCO)cc1. The third kappa shape index (κ3) is 4.67. The predicted octanol–water partition coefficient (Wildman–Crippen LogP) is 3.34. The van der Waals surface area contributed by atoms with Gasteiger partial charge >= 0.3 is 0 Å². The second-order valence-corrected chi connectivity index (χ2v) is 7.06. The van der Waals surface area contributed by atoms with Gasteiger partial charge in [0.1, 0.15) is 11.6 Å². The van der Waals surface area contributed by atoms with Crippen LogP contribution >= 0.6 is 0 Å². The van der Waals surface area contributed by atoms with E-state index in [0.29, 0.717) is 13.0 Å². The highest BCUT2D eigenvalue weighted by Crippen LogP contribution is 2.21. The van der Waals surface area contributed by atoms with Crippen molar-refractivity contribution in [2.45, 2.75) is 32.5 Å². The van der Waals surface area contributed by atoms with Gasteiger partial charge in [-0.2, -0.15) is 0 Å². The molecular formula is C21H26F2N2O. The molecule has 140 valence electrons. The highest BCUT2D eigenvalue weighted by atomic mass is 19.1. The van der Waals surface area contributed by atoms with E-state index >= 15 is 0 Å². The lowest BCUT2D eigenvalue weighted by molar-refractivity contribution is 0.0489. The van der Waals surface area contributed by atoms with Gasteiger partial charge in [-0.1, -0.05) is 35.9 Å². The minimum Gasteiger partial charge on any atom is -0.396 e. The first kappa shape index (κ1) is 19.0. The zero-order valence-electron chi connectivity index (χ0n) is 15.2. The number of aliphatic hydroxyl groups excluding tert-OH is 1.